The van der Waals surface area contributed by atoms with E-state index in [2.05, 4.69) is 39.3 Å². The fraction of sp³-hybridized carbons (Fsp3) is 0.450. The maximum absolute atomic E-state index is 12.7. The average Bonchev–Trinajstić information content (AvgIpc) is 2.59. The summed E-state index contributed by atoms with van der Waals surface area (Å²) in [6.45, 7) is 13.2. The van der Waals surface area contributed by atoms with Gasteiger partial charge in [-0.2, -0.15) is 0 Å². The van der Waals surface area contributed by atoms with Crippen LogP contribution in [0.3, 0.4) is 0 Å². The number of carbonyl (C=O) groups excluding carboxylic acids is 1. The summed E-state index contributed by atoms with van der Waals surface area (Å²) >= 11 is 0. The summed E-state index contributed by atoms with van der Waals surface area (Å²) < 4.78 is 11.3. The second-order valence-electron chi connectivity index (χ2n) is 8.81. The van der Waals surface area contributed by atoms with Crippen LogP contribution in [0.15, 0.2) is 53.2 Å². The highest BCUT2D eigenvalue weighted by atomic mass is 28.3. The molecule has 1 unspecified atom stereocenters. The number of methoxy groups -OCH3 is 1. The van der Waals surface area contributed by atoms with E-state index < -0.39 is 33.6 Å². The summed E-state index contributed by atoms with van der Waals surface area (Å²) in [5.41, 5.74) is -1.26. The molecule has 0 saturated carbocycles. The molecule has 0 bridgehead atoms. The van der Waals surface area contributed by atoms with Crippen molar-refractivity contribution in [1.29, 1.82) is 0 Å². The molecule has 0 aliphatic carbocycles. The number of aliphatic hydroxyl groups is 1. The number of hydrogen-bond donors (Lipinski definition) is 1. The van der Waals surface area contributed by atoms with Gasteiger partial charge in [0.1, 0.15) is 16.1 Å². The number of ether oxygens (including phenoxy) is 2. The Balaban J connectivity index is 2.68. The first-order valence-electron chi connectivity index (χ1n) is 8.89. The topological polar surface area (TPSA) is 55.8 Å². The van der Waals surface area contributed by atoms with Gasteiger partial charge in [0.25, 0.3) is 0 Å². The second-order valence-corrected chi connectivity index (χ2v) is 18.8. The van der Waals surface area contributed by atoms with Gasteiger partial charge in [0.15, 0.2) is 5.60 Å². The van der Waals surface area contributed by atoms with Gasteiger partial charge in [0.2, 0.25) is 0 Å². The predicted octanol–water partition coefficient (Wildman–Crippen LogP) is 4.22. The van der Waals surface area contributed by atoms with Crippen molar-refractivity contribution in [3.8, 4) is 0 Å². The van der Waals surface area contributed by atoms with Crippen molar-refractivity contribution in [3.05, 3.63) is 58.8 Å². The molecule has 1 aromatic rings. The van der Waals surface area contributed by atoms with Gasteiger partial charge in [-0.1, -0.05) is 69.6 Å². The summed E-state index contributed by atoms with van der Waals surface area (Å²) in [6.07, 6.45) is 3.83. The largest absolute Gasteiger partial charge is 0.477 e. The standard InChI is InChI=1S/C20H30O4Si2/c1-23-19(21)20(22,15-11-9-8-10-12-15)16-13-17(25(2,3)4)24-18(14-16)26(5,6)7/h8-14,16,22H,1-7H3. The lowest BCUT2D eigenvalue weighted by Crippen LogP contribution is -2.45. The van der Waals surface area contributed by atoms with E-state index in [1.54, 1.807) is 12.1 Å². The normalized spacial score (nSPS) is 18.3. The Morgan fingerprint density at radius 1 is 1.00 bits per heavy atom. The molecule has 0 radical (unpaired) electrons. The van der Waals surface area contributed by atoms with Crippen LogP contribution in [0.4, 0.5) is 0 Å². The van der Waals surface area contributed by atoms with Gasteiger partial charge >= 0.3 is 5.97 Å². The molecule has 4 nitrogen and oxygen atoms in total. The lowest BCUT2D eigenvalue weighted by molar-refractivity contribution is -0.166. The molecular weight excluding hydrogens is 360 g/mol. The number of esters is 1. The Morgan fingerprint density at radius 3 is 1.85 bits per heavy atom. The van der Waals surface area contributed by atoms with Crippen LogP contribution in [0, 0.1) is 5.92 Å². The van der Waals surface area contributed by atoms with Crippen LogP contribution in [0.5, 0.6) is 0 Å². The van der Waals surface area contributed by atoms with Crippen molar-refractivity contribution in [3.63, 3.8) is 0 Å². The molecular formula is C20H30O4Si2. The third-order valence-electron chi connectivity index (χ3n) is 4.55. The Bertz CT molecular complexity index is 696. The Hall–Kier alpha value is -1.64. The van der Waals surface area contributed by atoms with Gasteiger partial charge < -0.3 is 14.6 Å². The molecule has 1 aliphatic rings. The highest BCUT2D eigenvalue weighted by molar-refractivity contribution is 6.84. The molecule has 1 aliphatic heterocycles. The third kappa shape index (κ3) is 4.02. The average molecular weight is 391 g/mol. The zero-order valence-electron chi connectivity index (χ0n) is 16.8. The smallest absolute Gasteiger partial charge is 0.343 e. The van der Waals surface area contributed by atoms with Crippen molar-refractivity contribution in [2.24, 2.45) is 5.92 Å². The second kappa shape index (κ2) is 7.17. The van der Waals surface area contributed by atoms with Gasteiger partial charge in [0, 0.05) is 5.92 Å². The molecule has 1 aromatic carbocycles. The highest BCUT2D eigenvalue weighted by Crippen LogP contribution is 2.40. The minimum absolute atomic E-state index is 0.524. The molecule has 0 aromatic heterocycles. The van der Waals surface area contributed by atoms with E-state index in [0.717, 1.165) is 10.8 Å². The van der Waals surface area contributed by atoms with Gasteiger partial charge in [-0.05, 0) is 17.7 Å². The van der Waals surface area contributed by atoms with E-state index in [1.807, 2.05) is 30.4 Å². The van der Waals surface area contributed by atoms with Crippen LogP contribution in [0.2, 0.25) is 39.3 Å². The lowest BCUT2D eigenvalue weighted by Gasteiger charge is -2.38. The monoisotopic (exact) mass is 390 g/mol. The minimum atomic E-state index is -1.79. The summed E-state index contributed by atoms with van der Waals surface area (Å²) in [4.78, 5) is 12.7. The summed E-state index contributed by atoms with van der Waals surface area (Å²) in [7, 11) is -2.27. The van der Waals surface area contributed by atoms with E-state index in [0.29, 0.717) is 5.56 Å². The van der Waals surface area contributed by atoms with Gasteiger partial charge in [-0.25, -0.2) is 4.79 Å². The zero-order valence-corrected chi connectivity index (χ0v) is 18.8. The number of hydrogen-bond acceptors (Lipinski definition) is 4. The molecule has 6 heteroatoms. The SMILES string of the molecule is COC(=O)C(O)(c1ccccc1)C1C=C([Si](C)(C)C)OC([Si](C)(C)C)=C1. The van der Waals surface area contributed by atoms with E-state index >= 15 is 0 Å². The molecule has 1 heterocycles. The number of carbonyl (C=O) groups is 1. The van der Waals surface area contributed by atoms with Gasteiger partial charge in [-0.3, -0.25) is 0 Å². The molecule has 1 N–H and O–H groups in total. The van der Waals surface area contributed by atoms with E-state index in [4.69, 9.17) is 9.47 Å². The fourth-order valence-electron chi connectivity index (χ4n) is 2.90. The van der Waals surface area contributed by atoms with Crippen molar-refractivity contribution in [1.82, 2.24) is 0 Å². The predicted molar refractivity (Wildman–Crippen MR) is 110 cm³/mol. The lowest BCUT2D eigenvalue weighted by atomic mass is 9.80. The maximum atomic E-state index is 12.7. The molecule has 0 fully saturated rings. The third-order valence-corrected chi connectivity index (χ3v) is 8.05. The van der Waals surface area contributed by atoms with Crippen LogP contribution in [-0.4, -0.2) is 34.3 Å². The fourth-order valence-corrected chi connectivity index (χ4v) is 5.20. The Labute approximate surface area is 158 Å². The first-order valence-corrected chi connectivity index (χ1v) is 15.9. The molecule has 26 heavy (non-hydrogen) atoms. The summed E-state index contributed by atoms with van der Waals surface area (Å²) in [6, 6.07) is 9.01. The van der Waals surface area contributed by atoms with Gasteiger partial charge in [-0.15, -0.1) is 0 Å². The quantitative estimate of drug-likeness (QED) is 0.604. The van der Waals surface area contributed by atoms with Crippen molar-refractivity contribution in [2.45, 2.75) is 44.9 Å². The van der Waals surface area contributed by atoms with Crippen LogP contribution >= 0.6 is 0 Å². The van der Waals surface area contributed by atoms with Crippen molar-refractivity contribution < 1.29 is 19.4 Å². The molecule has 2 rings (SSSR count). The number of benzene rings is 1. The molecule has 0 saturated heterocycles. The Morgan fingerprint density at radius 2 is 1.46 bits per heavy atom. The molecule has 1 atom stereocenters. The van der Waals surface area contributed by atoms with Crippen LogP contribution < -0.4 is 0 Å². The summed E-state index contributed by atoms with van der Waals surface area (Å²) in [5.74, 6) is -1.19. The summed E-state index contributed by atoms with van der Waals surface area (Å²) in [5, 5.41) is 13.4. The molecule has 142 valence electrons. The van der Waals surface area contributed by atoms with Crippen LogP contribution in [-0.2, 0) is 19.9 Å². The van der Waals surface area contributed by atoms with Crippen LogP contribution in [0.25, 0.3) is 0 Å². The van der Waals surface area contributed by atoms with E-state index in [-0.39, 0.29) is 0 Å². The van der Waals surface area contributed by atoms with Gasteiger partial charge in [0.05, 0.1) is 17.9 Å². The number of rotatable bonds is 5. The first-order chi connectivity index (χ1) is 11.9. The first kappa shape index (κ1) is 20.7. The van der Waals surface area contributed by atoms with E-state index in [1.165, 1.54) is 7.11 Å². The van der Waals surface area contributed by atoms with Crippen molar-refractivity contribution >= 4 is 22.1 Å². The maximum Gasteiger partial charge on any atom is 0.343 e. The van der Waals surface area contributed by atoms with Crippen molar-refractivity contribution in [2.75, 3.05) is 7.11 Å². The molecule has 0 amide bonds. The zero-order chi connectivity index (χ0) is 19.8. The highest BCUT2D eigenvalue weighted by Gasteiger charge is 2.48. The molecule has 0 spiro atoms. The minimum Gasteiger partial charge on any atom is -0.477 e. The Kier molecular flexibility index (Phi) is 5.70. The van der Waals surface area contributed by atoms with Crippen LogP contribution in [0.1, 0.15) is 5.56 Å². The van der Waals surface area contributed by atoms with E-state index in [9.17, 15) is 9.90 Å².